The molecule has 68 valence electrons. The van der Waals surface area contributed by atoms with Crippen LogP contribution in [-0.2, 0) is 9.53 Å². The first-order chi connectivity index (χ1) is 6.24. The van der Waals surface area contributed by atoms with Crippen LogP contribution in [0.25, 0.3) is 6.08 Å². The van der Waals surface area contributed by atoms with E-state index in [1.54, 1.807) is 6.08 Å². The van der Waals surface area contributed by atoms with E-state index in [0.29, 0.717) is 0 Å². The van der Waals surface area contributed by atoms with Crippen LogP contribution < -0.4 is 0 Å². The molecular weight excluding hydrogens is 279 g/mol. The monoisotopic (exact) mass is 288 g/mol. The zero-order valence-electron chi connectivity index (χ0n) is 7.16. The Hall–Kier alpha value is -0.840. The van der Waals surface area contributed by atoms with Crippen LogP contribution in [0.2, 0.25) is 0 Å². The van der Waals surface area contributed by atoms with Crippen molar-refractivity contribution in [3.05, 3.63) is 39.5 Å². The molecule has 3 heteroatoms. The van der Waals surface area contributed by atoms with Crippen molar-refractivity contribution in [3.63, 3.8) is 0 Å². The topological polar surface area (TPSA) is 26.3 Å². The maximum atomic E-state index is 10.8. The van der Waals surface area contributed by atoms with Crippen molar-refractivity contribution in [1.82, 2.24) is 0 Å². The van der Waals surface area contributed by atoms with Crippen LogP contribution in [-0.4, -0.2) is 13.1 Å². The van der Waals surface area contributed by atoms with E-state index >= 15 is 0 Å². The van der Waals surface area contributed by atoms with Crippen LogP contribution in [0, 0.1) is 3.57 Å². The van der Waals surface area contributed by atoms with Crippen LogP contribution in [0.15, 0.2) is 30.3 Å². The molecule has 13 heavy (non-hydrogen) atoms. The molecule has 0 aromatic heterocycles. The summed E-state index contributed by atoms with van der Waals surface area (Å²) in [7, 11) is 1.36. The zero-order valence-corrected chi connectivity index (χ0v) is 9.32. The van der Waals surface area contributed by atoms with Crippen LogP contribution in [0.4, 0.5) is 0 Å². The molecule has 1 rings (SSSR count). The number of benzene rings is 1. The second kappa shape index (κ2) is 5.01. The Morgan fingerprint density at radius 1 is 1.46 bits per heavy atom. The molecule has 0 atom stereocenters. The maximum Gasteiger partial charge on any atom is 0.330 e. The second-order valence-electron chi connectivity index (χ2n) is 2.38. The molecule has 0 bridgehead atoms. The lowest BCUT2D eigenvalue weighted by atomic mass is 10.2. The highest BCUT2D eigenvalue weighted by Gasteiger charge is 1.94. The Balaban J connectivity index is 2.80. The molecule has 0 unspecified atom stereocenters. The molecule has 1 aromatic rings. The first-order valence-electron chi connectivity index (χ1n) is 3.74. The Morgan fingerprint density at radius 3 is 2.77 bits per heavy atom. The van der Waals surface area contributed by atoms with Gasteiger partial charge in [0.1, 0.15) is 0 Å². The van der Waals surface area contributed by atoms with Crippen molar-refractivity contribution in [2.45, 2.75) is 0 Å². The highest BCUT2D eigenvalue weighted by Crippen LogP contribution is 2.12. The van der Waals surface area contributed by atoms with Crippen molar-refractivity contribution in [2.24, 2.45) is 0 Å². The molecule has 0 radical (unpaired) electrons. The third kappa shape index (κ3) is 3.18. The minimum absolute atomic E-state index is 0.334. The minimum Gasteiger partial charge on any atom is -0.466 e. The molecule has 0 heterocycles. The van der Waals surface area contributed by atoms with E-state index in [1.165, 1.54) is 13.2 Å². The third-order valence-corrected chi connectivity index (χ3v) is 2.49. The third-order valence-electron chi connectivity index (χ3n) is 1.51. The van der Waals surface area contributed by atoms with Gasteiger partial charge < -0.3 is 4.74 Å². The average molecular weight is 288 g/mol. The molecular formula is C10H9IO2. The number of carbonyl (C=O) groups excluding carboxylic acids is 1. The summed E-state index contributed by atoms with van der Waals surface area (Å²) in [6, 6.07) is 7.81. The summed E-state index contributed by atoms with van der Waals surface area (Å²) in [6.45, 7) is 0. The second-order valence-corrected chi connectivity index (χ2v) is 3.54. The maximum absolute atomic E-state index is 10.8. The molecule has 0 aliphatic heterocycles. The van der Waals surface area contributed by atoms with Gasteiger partial charge in [0.15, 0.2) is 0 Å². The Bertz CT molecular complexity index is 331. The number of halogens is 1. The standard InChI is InChI=1S/C10H9IO2/c1-13-10(12)7-6-8-4-2-3-5-9(8)11/h2-7H,1H3/b7-6-. The Morgan fingerprint density at radius 2 is 2.15 bits per heavy atom. The Kier molecular flexibility index (Phi) is 3.95. The van der Waals surface area contributed by atoms with E-state index < -0.39 is 0 Å². The van der Waals surface area contributed by atoms with Gasteiger partial charge in [0.2, 0.25) is 0 Å². The molecule has 0 saturated carbocycles. The summed E-state index contributed by atoms with van der Waals surface area (Å²) in [5.74, 6) is -0.334. The van der Waals surface area contributed by atoms with E-state index in [-0.39, 0.29) is 5.97 Å². The number of rotatable bonds is 2. The minimum atomic E-state index is -0.334. The molecule has 0 N–H and O–H groups in total. The summed E-state index contributed by atoms with van der Waals surface area (Å²) in [6.07, 6.45) is 3.16. The average Bonchev–Trinajstić information content (AvgIpc) is 2.16. The summed E-state index contributed by atoms with van der Waals surface area (Å²) in [5.41, 5.74) is 1.02. The quantitative estimate of drug-likeness (QED) is 0.475. The van der Waals surface area contributed by atoms with Gasteiger partial charge in [-0.25, -0.2) is 4.79 Å². The number of esters is 1. The molecule has 1 aromatic carbocycles. The molecule has 0 saturated heterocycles. The van der Waals surface area contributed by atoms with E-state index in [4.69, 9.17) is 0 Å². The summed E-state index contributed by atoms with van der Waals surface area (Å²) in [4.78, 5) is 10.8. The van der Waals surface area contributed by atoms with Crippen molar-refractivity contribution < 1.29 is 9.53 Å². The molecule has 0 aliphatic rings. The van der Waals surface area contributed by atoms with Crippen LogP contribution in [0.1, 0.15) is 5.56 Å². The zero-order chi connectivity index (χ0) is 9.68. The fourth-order valence-electron chi connectivity index (χ4n) is 0.836. The largest absolute Gasteiger partial charge is 0.466 e. The van der Waals surface area contributed by atoms with Crippen molar-refractivity contribution in [3.8, 4) is 0 Å². The van der Waals surface area contributed by atoms with E-state index in [1.807, 2.05) is 24.3 Å². The van der Waals surface area contributed by atoms with Gasteiger partial charge in [0.25, 0.3) is 0 Å². The summed E-state index contributed by atoms with van der Waals surface area (Å²) in [5, 5.41) is 0. The fraction of sp³-hybridized carbons (Fsp3) is 0.100. The molecule has 0 fully saturated rings. The van der Waals surface area contributed by atoms with Crippen LogP contribution in [0.5, 0.6) is 0 Å². The van der Waals surface area contributed by atoms with Gasteiger partial charge >= 0.3 is 5.97 Å². The highest BCUT2D eigenvalue weighted by molar-refractivity contribution is 14.1. The van der Waals surface area contributed by atoms with Crippen molar-refractivity contribution in [1.29, 1.82) is 0 Å². The van der Waals surface area contributed by atoms with Gasteiger partial charge in [-0.05, 0) is 40.3 Å². The van der Waals surface area contributed by atoms with E-state index in [9.17, 15) is 4.79 Å². The van der Waals surface area contributed by atoms with Gasteiger partial charge in [-0.15, -0.1) is 0 Å². The van der Waals surface area contributed by atoms with Gasteiger partial charge in [-0.1, -0.05) is 18.2 Å². The number of hydrogen-bond acceptors (Lipinski definition) is 2. The van der Waals surface area contributed by atoms with Gasteiger partial charge in [-0.3, -0.25) is 0 Å². The molecule has 0 aliphatic carbocycles. The number of hydrogen-bond donors (Lipinski definition) is 0. The predicted molar refractivity (Wildman–Crippen MR) is 60.2 cm³/mol. The molecule has 0 spiro atoms. The number of methoxy groups -OCH3 is 1. The van der Waals surface area contributed by atoms with Gasteiger partial charge in [-0.2, -0.15) is 0 Å². The normalized spacial score (nSPS) is 10.3. The number of carbonyl (C=O) groups is 1. The summed E-state index contributed by atoms with van der Waals surface area (Å²) >= 11 is 2.22. The van der Waals surface area contributed by atoms with Crippen molar-refractivity contribution in [2.75, 3.05) is 7.11 Å². The Labute approximate surface area is 90.7 Å². The van der Waals surface area contributed by atoms with Crippen LogP contribution >= 0.6 is 22.6 Å². The predicted octanol–water partition coefficient (Wildman–Crippen LogP) is 2.48. The smallest absolute Gasteiger partial charge is 0.330 e. The fourth-order valence-corrected chi connectivity index (χ4v) is 1.40. The first-order valence-corrected chi connectivity index (χ1v) is 4.82. The lowest BCUT2D eigenvalue weighted by Gasteiger charge is -1.96. The highest BCUT2D eigenvalue weighted by atomic mass is 127. The van der Waals surface area contributed by atoms with Crippen LogP contribution in [0.3, 0.4) is 0 Å². The SMILES string of the molecule is COC(=O)/C=C\c1ccccc1I. The number of ether oxygens (including phenoxy) is 1. The first kappa shape index (κ1) is 10.2. The van der Waals surface area contributed by atoms with Gasteiger partial charge in [0.05, 0.1) is 7.11 Å². The molecule has 0 amide bonds. The lowest BCUT2D eigenvalue weighted by Crippen LogP contribution is -1.93. The summed E-state index contributed by atoms with van der Waals surface area (Å²) < 4.78 is 5.59. The van der Waals surface area contributed by atoms with E-state index in [2.05, 4.69) is 27.3 Å². The van der Waals surface area contributed by atoms with Gasteiger partial charge in [0, 0.05) is 9.65 Å². The van der Waals surface area contributed by atoms with Crippen molar-refractivity contribution >= 4 is 34.6 Å². The molecule has 2 nitrogen and oxygen atoms in total. The van der Waals surface area contributed by atoms with E-state index in [0.717, 1.165) is 9.13 Å². The lowest BCUT2D eigenvalue weighted by molar-refractivity contribution is -0.134.